The first-order chi connectivity index (χ1) is 13.2. The highest BCUT2D eigenvalue weighted by Gasteiger charge is 2.19. The summed E-state index contributed by atoms with van der Waals surface area (Å²) in [4.78, 5) is 9.14. The summed E-state index contributed by atoms with van der Waals surface area (Å²) in [6, 6.07) is 12.5. The third kappa shape index (κ3) is 5.50. The molecule has 1 heterocycles. The number of hydrogen-bond donors (Lipinski definition) is 2. The number of nitrogens with one attached hydrogen (secondary N) is 1. The molecule has 0 saturated heterocycles. The van der Waals surface area contributed by atoms with Crippen molar-refractivity contribution in [3.63, 3.8) is 0 Å². The smallest absolute Gasteiger partial charge is 0.224 e. The van der Waals surface area contributed by atoms with E-state index in [2.05, 4.69) is 27.4 Å². The predicted octanol–water partition coefficient (Wildman–Crippen LogP) is 3.72. The second-order valence-electron chi connectivity index (χ2n) is 7.17. The molecule has 1 saturated carbocycles. The van der Waals surface area contributed by atoms with Crippen LogP contribution in [-0.2, 0) is 6.54 Å². The summed E-state index contributed by atoms with van der Waals surface area (Å²) >= 11 is 0. The quantitative estimate of drug-likeness (QED) is 0.843. The summed E-state index contributed by atoms with van der Waals surface area (Å²) in [7, 11) is 0. The Hall–Kier alpha value is -2.47. The van der Waals surface area contributed by atoms with E-state index in [-0.39, 0.29) is 0 Å². The summed E-state index contributed by atoms with van der Waals surface area (Å²) in [6.45, 7) is 5.67. The fourth-order valence-electron chi connectivity index (χ4n) is 3.45. The maximum absolute atomic E-state index is 6.08. The zero-order chi connectivity index (χ0) is 19.1. The van der Waals surface area contributed by atoms with Crippen LogP contribution < -0.4 is 11.1 Å². The van der Waals surface area contributed by atoms with E-state index in [1.807, 2.05) is 42.8 Å². The number of hydrogen-bond acceptors (Lipinski definition) is 5. The van der Waals surface area contributed by atoms with Gasteiger partial charge in [0.25, 0.3) is 0 Å². The van der Waals surface area contributed by atoms with Gasteiger partial charge < -0.3 is 11.1 Å². The van der Waals surface area contributed by atoms with Crippen LogP contribution in [0.2, 0.25) is 0 Å². The molecule has 0 spiro atoms. The van der Waals surface area contributed by atoms with Crippen molar-refractivity contribution in [2.24, 2.45) is 11.7 Å². The van der Waals surface area contributed by atoms with Crippen LogP contribution in [0.5, 0.6) is 0 Å². The van der Waals surface area contributed by atoms with Crippen molar-refractivity contribution in [1.29, 1.82) is 0 Å². The van der Waals surface area contributed by atoms with Gasteiger partial charge in [-0.1, -0.05) is 30.3 Å². The minimum absolute atomic E-state index is 0.352. The molecular formula is C21H30N6. The highest BCUT2D eigenvalue weighted by Crippen LogP contribution is 2.25. The molecule has 6 heteroatoms. The lowest BCUT2D eigenvalue weighted by Crippen LogP contribution is -2.29. The number of aryl methyl sites for hydroxylation is 1. The normalized spacial score (nSPS) is 19.4. The monoisotopic (exact) mass is 366 g/mol. The zero-order valence-electron chi connectivity index (χ0n) is 16.3. The molecule has 1 aromatic heterocycles. The summed E-state index contributed by atoms with van der Waals surface area (Å²) in [5, 5.41) is 8.17. The number of nitrogens with zero attached hydrogens (tertiary/aromatic N) is 4. The Morgan fingerprint density at radius 3 is 2.56 bits per heavy atom. The number of aromatic nitrogens is 4. The maximum atomic E-state index is 6.08. The van der Waals surface area contributed by atoms with Crippen molar-refractivity contribution in [2.75, 3.05) is 11.9 Å². The number of benzene rings is 1. The first-order valence-corrected chi connectivity index (χ1v) is 9.86. The summed E-state index contributed by atoms with van der Waals surface area (Å²) in [5.41, 5.74) is 8.03. The first-order valence-electron chi connectivity index (χ1n) is 9.86. The van der Waals surface area contributed by atoms with Crippen molar-refractivity contribution >= 4 is 5.95 Å². The molecule has 1 aliphatic rings. The van der Waals surface area contributed by atoms with E-state index in [1.54, 1.807) is 6.20 Å². The lowest BCUT2D eigenvalue weighted by Gasteiger charge is -2.26. The zero-order valence-corrected chi connectivity index (χ0v) is 16.3. The Morgan fingerprint density at radius 1 is 1.11 bits per heavy atom. The van der Waals surface area contributed by atoms with Crippen molar-refractivity contribution in [2.45, 2.75) is 52.1 Å². The predicted molar refractivity (Wildman–Crippen MR) is 110 cm³/mol. The van der Waals surface area contributed by atoms with Gasteiger partial charge in [0.1, 0.15) is 5.82 Å². The van der Waals surface area contributed by atoms with Gasteiger partial charge in [0.2, 0.25) is 5.95 Å². The third-order valence-corrected chi connectivity index (χ3v) is 5.03. The number of rotatable bonds is 5. The van der Waals surface area contributed by atoms with E-state index in [0.717, 1.165) is 55.9 Å². The summed E-state index contributed by atoms with van der Waals surface area (Å²) in [6.07, 6.45) is 6.24. The number of nitrogens with two attached hydrogens (primary N) is 1. The topological polar surface area (TPSA) is 81.7 Å². The Labute approximate surface area is 161 Å². The lowest BCUT2D eigenvalue weighted by molar-refractivity contribution is 0.281. The Morgan fingerprint density at radius 2 is 1.85 bits per heavy atom. The van der Waals surface area contributed by atoms with Gasteiger partial charge in [-0.15, -0.1) is 0 Å². The van der Waals surface area contributed by atoms with Crippen LogP contribution in [0.15, 0.2) is 42.6 Å². The van der Waals surface area contributed by atoms with Crippen molar-refractivity contribution < 1.29 is 0 Å². The van der Waals surface area contributed by atoms with E-state index >= 15 is 0 Å². The van der Waals surface area contributed by atoms with Crippen molar-refractivity contribution in [3.8, 4) is 11.3 Å². The molecule has 0 atom stereocenters. The molecule has 0 amide bonds. The van der Waals surface area contributed by atoms with Gasteiger partial charge in [-0.25, -0.2) is 4.98 Å². The Kier molecular flexibility index (Phi) is 6.76. The van der Waals surface area contributed by atoms with E-state index in [0.29, 0.717) is 17.9 Å². The molecule has 3 N–H and O–H groups in total. The van der Waals surface area contributed by atoms with E-state index in [9.17, 15) is 0 Å². The third-order valence-electron chi connectivity index (χ3n) is 5.03. The second kappa shape index (κ2) is 9.46. The maximum Gasteiger partial charge on any atom is 0.224 e. The van der Waals surface area contributed by atoms with Crippen LogP contribution in [-0.4, -0.2) is 32.3 Å². The average molecular weight is 367 g/mol. The van der Waals surface area contributed by atoms with Gasteiger partial charge in [0.15, 0.2) is 0 Å². The van der Waals surface area contributed by atoms with Crippen LogP contribution in [0.25, 0.3) is 11.3 Å². The van der Waals surface area contributed by atoms with E-state index < -0.39 is 0 Å². The van der Waals surface area contributed by atoms with Gasteiger partial charge in [-0.2, -0.15) is 10.1 Å². The minimum atomic E-state index is 0.352. The highest BCUT2D eigenvalue weighted by molar-refractivity contribution is 5.57. The molecule has 0 radical (unpaired) electrons. The fourth-order valence-corrected chi connectivity index (χ4v) is 3.45. The van der Waals surface area contributed by atoms with Crippen LogP contribution in [0.3, 0.4) is 0 Å². The SMILES string of the molecule is CCNc1nccc(-c2ccccc2)nn(CC2CCC(N)CC2)c(C)n1. The molecule has 6 nitrogen and oxygen atoms in total. The van der Waals surface area contributed by atoms with Crippen LogP contribution in [0, 0.1) is 12.8 Å². The summed E-state index contributed by atoms with van der Waals surface area (Å²) in [5.74, 6) is 2.05. The fraction of sp³-hybridized carbons (Fsp3) is 0.476. The van der Waals surface area contributed by atoms with Crippen molar-refractivity contribution in [3.05, 3.63) is 48.4 Å². The molecule has 1 aromatic carbocycles. The molecule has 0 unspecified atom stereocenters. The second-order valence-corrected chi connectivity index (χ2v) is 7.17. The minimum Gasteiger partial charge on any atom is -0.354 e. The van der Waals surface area contributed by atoms with Crippen molar-refractivity contribution in [1.82, 2.24) is 19.7 Å². The van der Waals surface area contributed by atoms with Crippen LogP contribution >= 0.6 is 0 Å². The average Bonchev–Trinajstić information content (AvgIpc) is 2.75. The molecule has 2 aromatic rings. The van der Waals surface area contributed by atoms with Gasteiger partial charge in [-0.3, -0.25) is 4.68 Å². The standard InChI is InChI=1S/C21H30N6/c1-3-23-21-24-14-13-20(18-7-5-4-6-8-18)26-27(16(2)25-21)15-17-9-11-19(22)12-10-17/h4-8,13-14,17,19H,3,9-12,15,22H2,1-2H3,(H,23,24). The molecule has 0 bridgehead atoms. The summed E-state index contributed by atoms with van der Waals surface area (Å²) < 4.78 is 2.03. The lowest BCUT2D eigenvalue weighted by atomic mass is 9.86. The van der Waals surface area contributed by atoms with E-state index in [4.69, 9.17) is 10.8 Å². The molecule has 3 rings (SSSR count). The van der Waals surface area contributed by atoms with Gasteiger partial charge >= 0.3 is 0 Å². The van der Waals surface area contributed by atoms with Crippen LogP contribution in [0.1, 0.15) is 38.4 Å². The number of anilines is 1. The first kappa shape index (κ1) is 19.3. The van der Waals surface area contributed by atoms with E-state index in [1.165, 1.54) is 0 Å². The highest BCUT2D eigenvalue weighted by atomic mass is 15.3. The molecule has 0 aliphatic heterocycles. The van der Waals surface area contributed by atoms with Crippen LogP contribution in [0.4, 0.5) is 5.95 Å². The molecule has 1 fully saturated rings. The molecule has 27 heavy (non-hydrogen) atoms. The van der Waals surface area contributed by atoms with Gasteiger partial charge in [0.05, 0.1) is 5.69 Å². The van der Waals surface area contributed by atoms with Gasteiger partial charge in [0, 0.05) is 30.9 Å². The Balaban J connectivity index is 2.03. The molecular weight excluding hydrogens is 336 g/mol. The molecule has 144 valence electrons. The van der Waals surface area contributed by atoms with Gasteiger partial charge in [-0.05, 0) is 51.5 Å². The largest absolute Gasteiger partial charge is 0.354 e. The Bertz CT molecular complexity index is 777. The molecule has 1 aliphatic carbocycles.